The van der Waals surface area contributed by atoms with E-state index in [9.17, 15) is 9.59 Å². The third-order valence-corrected chi connectivity index (χ3v) is 4.14. The van der Waals surface area contributed by atoms with Crippen molar-refractivity contribution in [3.63, 3.8) is 0 Å². The monoisotopic (exact) mass is 356 g/mol. The second kappa shape index (κ2) is 8.53. The van der Waals surface area contributed by atoms with Crippen molar-refractivity contribution in [2.24, 2.45) is 0 Å². The van der Waals surface area contributed by atoms with E-state index in [1.54, 1.807) is 17.8 Å². The summed E-state index contributed by atoms with van der Waals surface area (Å²) in [6, 6.07) is 12.1. The molecule has 4 nitrogen and oxygen atoms in total. The van der Waals surface area contributed by atoms with Crippen LogP contribution in [0.4, 0.5) is 0 Å². The van der Waals surface area contributed by atoms with Crippen LogP contribution in [0.5, 0.6) is 5.75 Å². The first kappa shape index (κ1) is 18.8. The zero-order chi connectivity index (χ0) is 18.4. The number of benzene rings is 2. The van der Waals surface area contributed by atoms with Crippen LogP contribution in [0, 0.1) is 0 Å². The molecule has 0 aliphatic carbocycles. The molecular formula is C20H20O4S. The van der Waals surface area contributed by atoms with Crippen LogP contribution in [-0.2, 0) is 0 Å². The lowest BCUT2D eigenvalue weighted by Crippen LogP contribution is -2.10. The number of carbonyl (C=O) groups excluding carboxylic acids is 1. The number of hydrogen-bond donors (Lipinski definition) is 1. The van der Waals surface area contributed by atoms with Crippen LogP contribution in [-0.4, -0.2) is 29.2 Å². The van der Waals surface area contributed by atoms with Crippen LogP contribution in [0.15, 0.2) is 53.4 Å². The van der Waals surface area contributed by atoms with Crippen molar-refractivity contribution in [3.05, 3.63) is 65.2 Å². The molecular weight excluding hydrogens is 336 g/mol. The predicted molar refractivity (Wildman–Crippen MR) is 101 cm³/mol. The summed E-state index contributed by atoms with van der Waals surface area (Å²) in [6.45, 7) is 3.65. The van der Waals surface area contributed by atoms with Gasteiger partial charge in [-0.25, -0.2) is 4.79 Å². The number of carboxylic acids is 1. The van der Waals surface area contributed by atoms with Crippen molar-refractivity contribution < 1.29 is 19.4 Å². The van der Waals surface area contributed by atoms with Gasteiger partial charge in [0.2, 0.25) is 0 Å². The summed E-state index contributed by atoms with van der Waals surface area (Å²) in [7, 11) is 0. The van der Waals surface area contributed by atoms with Gasteiger partial charge in [0.25, 0.3) is 0 Å². The van der Waals surface area contributed by atoms with Crippen LogP contribution < -0.4 is 4.74 Å². The van der Waals surface area contributed by atoms with Gasteiger partial charge in [0.1, 0.15) is 5.75 Å². The lowest BCUT2D eigenvalue weighted by atomic mass is 10.0. The van der Waals surface area contributed by atoms with Crippen molar-refractivity contribution in [2.75, 3.05) is 6.26 Å². The SMILES string of the molecule is CSc1ccc(/C=C/C(=O)c2ccc(C(=O)O)cc2OC(C)C)cc1. The van der Waals surface area contributed by atoms with Gasteiger partial charge in [0, 0.05) is 4.90 Å². The van der Waals surface area contributed by atoms with Crippen molar-refractivity contribution >= 4 is 29.6 Å². The molecule has 0 heterocycles. The number of carbonyl (C=O) groups is 2. The normalized spacial score (nSPS) is 11.0. The van der Waals surface area contributed by atoms with Crippen LogP contribution in [0.1, 0.15) is 40.1 Å². The Morgan fingerprint density at radius 2 is 1.80 bits per heavy atom. The maximum absolute atomic E-state index is 12.5. The Morgan fingerprint density at radius 3 is 2.36 bits per heavy atom. The molecule has 0 unspecified atom stereocenters. The van der Waals surface area contributed by atoms with Gasteiger partial charge in [0.15, 0.2) is 5.78 Å². The van der Waals surface area contributed by atoms with E-state index < -0.39 is 5.97 Å². The highest BCUT2D eigenvalue weighted by Crippen LogP contribution is 2.23. The fourth-order valence-corrected chi connectivity index (χ4v) is 2.60. The summed E-state index contributed by atoms with van der Waals surface area (Å²) < 4.78 is 5.62. The minimum atomic E-state index is -1.06. The van der Waals surface area contributed by atoms with E-state index in [1.807, 2.05) is 44.4 Å². The molecule has 0 fully saturated rings. The van der Waals surface area contributed by atoms with E-state index in [-0.39, 0.29) is 23.2 Å². The summed E-state index contributed by atoms with van der Waals surface area (Å²) in [5, 5.41) is 9.11. The Bertz CT molecular complexity index is 792. The summed E-state index contributed by atoms with van der Waals surface area (Å²) in [5.41, 5.74) is 1.35. The minimum Gasteiger partial charge on any atom is -0.490 e. The van der Waals surface area contributed by atoms with E-state index in [2.05, 4.69) is 0 Å². The maximum Gasteiger partial charge on any atom is 0.335 e. The third-order valence-electron chi connectivity index (χ3n) is 3.40. The molecule has 0 saturated carbocycles. The number of hydrogen-bond acceptors (Lipinski definition) is 4. The first-order chi connectivity index (χ1) is 11.9. The molecule has 0 bridgehead atoms. The number of thioether (sulfide) groups is 1. The minimum absolute atomic E-state index is 0.0869. The summed E-state index contributed by atoms with van der Waals surface area (Å²) in [5.74, 6) is -1.01. The van der Waals surface area contributed by atoms with Gasteiger partial charge in [-0.1, -0.05) is 18.2 Å². The Labute approximate surface area is 151 Å². The molecule has 0 aromatic heterocycles. The van der Waals surface area contributed by atoms with Gasteiger partial charge < -0.3 is 9.84 Å². The van der Waals surface area contributed by atoms with Gasteiger partial charge in [-0.3, -0.25) is 4.79 Å². The molecule has 0 radical (unpaired) electrons. The zero-order valence-corrected chi connectivity index (χ0v) is 15.2. The number of allylic oxidation sites excluding steroid dienone is 1. The fraction of sp³-hybridized carbons (Fsp3) is 0.200. The molecule has 130 valence electrons. The first-order valence-electron chi connectivity index (χ1n) is 7.81. The number of ether oxygens (including phenoxy) is 1. The molecule has 1 N–H and O–H groups in total. The topological polar surface area (TPSA) is 63.6 Å². The Morgan fingerprint density at radius 1 is 1.12 bits per heavy atom. The van der Waals surface area contributed by atoms with Gasteiger partial charge in [0.05, 0.1) is 17.2 Å². The number of carboxylic acid groups (broad SMARTS) is 1. The molecule has 0 atom stereocenters. The highest BCUT2D eigenvalue weighted by atomic mass is 32.2. The maximum atomic E-state index is 12.5. The Kier molecular flexibility index (Phi) is 6.42. The second-order valence-electron chi connectivity index (χ2n) is 5.65. The number of ketones is 1. The molecule has 2 aromatic carbocycles. The average molecular weight is 356 g/mol. The molecule has 25 heavy (non-hydrogen) atoms. The van der Waals surface area contributed by atoms with Crippen molar-refractivity contribution in [1.82, 2.24) is 0 Å². The molecule has 0 saturated heterocycles. The van der Waals surface area contributed by atoms with Crippen molar-refractivity contribution in [1.29, 1.82) is 0 Å². The lowest BCUT2D eigenvalue weighted by Gasteiger charge is -2.13. The largest absolute Gasteiger partial charge is 0.490 e. The molecule has 0 spiro atoms. The molecule has 2 aromatic rings. The molecule has 0 aliphatic rings. The number of aromatic carboxylic acids is 1. The van der Waals surface area contributed by atoms with Gasteiger partial charge in [-0.15, -0.1) is 11.8 Å². The highest BCUT2D eigenvalue weighted by molar-refractivity contribution is 7.98. The van der Waals surface area contributed by atoms with E-state index in [0.717, 1.165) is 10.5 Å². The van der Waals surface area contributed by atoms with Crippen LogP contribution >= 0.6 is 11.8 Å². The van der Waals surface area contributed by atoms with Gasteiger partial charge in [-0.2, -0.15) is 0 Å². The van der Waals surface area contributed by atoms with Crippen LogP contribution in [0.2, 0.25) is 0 Å². The lowest BCUT2D eigenvalue weighted by molar-refractivity contribution is 0.0695. The quantitative estimate of drug-likeness (QED) is 0.439. The smallest absolute Gasteiger partial charge is 0.335 e. The van der Waals surface area contributed by atoms with Gasteiger partial charge in [-0.05, 0) is 62.1 Å². The zero-order valence-electron chi connectivity index (χ0n) is 14.4. The predicted octanol–water partition coefficient (Wildman–Crippen LogP) is 4.79. The summed E-state index contributed by atoms with van der Waals surface area (Å²) in [6.07, 6.45) is 5.04. The Hall–Kier alpha value is -2.53. The van der Waals surface area contributed by atoms with E-state index in [1.165, 1.54) is 24.3 Å². The Balaban J connectivity index is 2.27. The van der Waals surface area contributed by atoms with Crippen molar-refractivity contribution in [3.8, 4) is 5.75 Å². The second-order valence-corrected chi connectivity index (χ2v) is 6.53. The standard InChI is InChI=1S/C20H20O4S/c1-13(2)24-19-12-15(20(22)23)7-10-17(19)18(21)11-6-14-4-8-16(25-3)9-5-14/h4-13H,1-3H3,(H,22,23)/b11-6+. The summed E-state index contributed by atoms with van der Waals surface area (Å²) in [4.78, 5) is 24.8. The average Bonchev–Trinajstić information content (AvgIpc) is 2.59. The van der Waals surface area contributed by atoms with E-state index in [0.29, 0.717) is 5.56 Å². The fourth-order valence-electron chi connectivity index (χ4n) is 2.19. The van der Waals surface area contributed by atoms with Crippen molar-refractivity contribution in [2.45, 2.75) is 24.8 Å². The molecule has 5 heteroatoms. The van der Waals surface area contributed by atoms with E-state index >= 15 is 0 Å². The van der Waals surface area contributed by atoms with Gasteiger partial charge >= 0.3 is 5.97 Å². The van der Waals surface area contributed by atoms with E-state index in [4.69, 9.17) is 9.84 Å². The summed E-state index contributed by atoms with van der Waals surface area (Å²) >= 11 is 1.65. The number of rotatable bonds is 7. The molecule has 2 rings (SSSR count). The highest BCUT2D eigenvalue weighted by Gasteiger charge is 2.15. The molecule has 0 amide bonds. The third kappa shape index (κ3) is 5.22. The molecule has 0 aliphatic heterocycles. The van der Waals surface area contributed by atoms with Crippen LogP contribution in [0.25, 0.3) is 6.08 Å². The first-order valence-corrected chi connectivity index (χ1v) is 9.03. The van der Waals surface area contributed by atoms with Crippen LogP contribution in [0.3, 0.4) is 0 Å².